The Morgan fingerprint density at radius 2 is 1.48 bits per heavy atom. The van der Waals surface area contributed by atoms with Gasteiger partial charge in [0.1, 0.15) is 18.7 Å². The molecule has 4 rings (SSSR count). The monoisotopic (exact) mass is 685 g/mol. The number of hydrogen-bond donors (Lipinski definition) is 4. The van der Waals surface area contributed by atoms with Gasteiger partial charge in [0.2, 0.25) is 23.5 Å². The van der Waals surface area contributed by atoms with E-state index in [0.717, 1.165) is 21.9 Å². The number of amides is 5. The lowest BCUT2D eigenvalue weighted by Gasteiger charge is -2.39. The first kappa shape index (κ1) is 37.6. The molecule has 0 aromatic heterocycles. The van der Waals surface area contributed by atoms with Crippen LogP contribution in [0.5, 0.6) is 0 Å². The highest BCUT2D eigenvalue weighted by Crippen LogP contribution is 2.21. The number of likely N-dealkylation sites (tertiary alicyclic amines) is 1. The number of nitrogens with zero attached hydrogens (tertiary/aromatic N) is 1. The summed E-state index contributed by atoms with van der Waals surface area (Å²) >= 11 is 0. The van der Waals surface area contributed by atoms with E-state index in [1.807, 2.05) is 93.6 Å². The van der Waals surface area contributed by atoms with Gasteiger partial charge in [-0.3, -0.25) is 24.0 Å². The molecule has 0 aliphatic carbocycles. The first-order chi connectivity index (χ1) is 23.9. The molecule has 12 heteroatoms. The van der Waals surface area contributed by atoms with Crippen LogP contribution in [0.2, 0.25) is 0 Å². The third-order valence-corrected chi connectivity index (χ3v) is 8.99. The van der Waals surface area contributed by atoms with Crippen LogP contribution in [0.3, 0.4) is 0 Å². The Bertz CT molecular complexity index is 1690. The smallest absolute Gasteiger partial charge is 0.408 e. The Kier molecular flexibility index (Phi) is 13.1. The van der Waals surface area contributed by atoms with Crippen LogP contribution < -0.4 is 21.7 Å². The van der Waals surface area contributed by atoms with Crippen LogP contribution in [0, 0.1) is 17.8 Å². The van der Waals surface area contributed by atoms with Gasteiger partial charge in [-0.1, -0.05) is 107 Å². The molecule has 4 unspecified atom stereocenters. The summed E-state index contributed by atoms with van der Waals surface area (Å²) in [6, 6.07) is 19.6. The molecule has 0 radical (unpaired) electrons. The largest absolute Gasteiger partial charge is 0.445 e. The SMILES string of the molecule is CCC(C)C(NC(=O)C(CC(C)C)NC(=O)OCc1ccccc1)C(=O)C(=O)N1CC(C(=O)NC(Cc2ccc3ccccc3c2)C(N)=O)C1. The maximum absolute atomic E-state index is 13.5. The standard InChI is InChI=1S/C38H47N5O7/c1-5-24(4)32(42-36(47)31(17-23(2)3)41-38(49)50-22-25-11-7-6-8-12-25)33(44)37(48)43-20-29(21-43)35(46)40-30(34(39)45)19-26-15-16-27-13-9-10-14-28(27)18-26/h6-16,18,23-24,29-32H,5,17,19-22H2,1-4H3,(H2,39,45)(H,40,46)(H,41,49)(H,42,47). The van der Waals surface area contributed by atoms with Crippen LogP contribution in [0.4, 0.5) is 4.79 Å². The van der Waals surface area contributed by atoms with E-state index in [1.54, 1.807) is 6.92 Å². The van der Waals surface area contributed by atoms with E-state index in [0.29, 0.717) is 6.42 Å². The fourth-order valence-corrected chi connectivity index (χ4v) is 5.78. The van der Waals surface area contributed by atoms with E-state index in [4.69, 9.17) is 10.5 Å². The molecule has 1 saturated heterocycles. The van der Waals surface area contributed by atoms with E-state index in [9.17, 15) is 28.8 Å². The summed E-state index contributed by atoms with van der Waals surface area (Å²) in [4.78, 5) is 79.4. The summed E-state index contributed by atoms with van der Waals surface area (Å²) in [6.07, 6.45) is 0.186. The molecule has 0 spiro atoms. The van der Waals surface area contributed by atoms with Crippen LogP contribution in [-0.4, -0.2) is 71.6 Å². The predicted molar refractivity (Wildman–Crippen MR) is 188 cm³/mol. The van der Waals surface area contributed by atoms with E-state index in [1.165, 1.54) is 4.90 Å². The number of carbonyl (C=O) groups excluding carboxylic acids is 6. The molecule has 1 fully saturated rings. The second kappa shape index (κ2) is 17.4. The summed E-state index contributed by atoms with van der Waals surface area (Å²) in [5.41, 5.74) is 7.24. The average Bonchev–Trinajstić information content (AvgIpc) is 3.07. The molecule has 4 atom stereocenters. The lowest BCUT2D eigenvalue weighted by molar-refractivity contribution is -0.153. The van der Waals surface area contributed by atoms with Crippen molar-refractivity contribution in [1.82, 2.24) is 20.9 Å². The van der Waals surface area contributed by atoms with E-state index < -0.39 is 65.5 Å². The molecule has 12 nitrogen and oxygen atoms in total. The van der Waals surface area contributed by atoms with Crippen molar-refractivity contribution < 1.29 is 33.5 Å². The Morgan fingerprint density at radius 1 is 0.820 bits per heavy atom. The molecule has 0 bridgehead atoms. The van der Waals surface area contributed by atoms with Crippen LogP contribution in [0.25, 0.3) is 10.8 Å². The van der Waals surface area contributed by atoms with Crippen molar-refractivity contribution in [3.05, 3.63) is 83.9 Å². The third kappa shape index (κ3) is 10.1. The fourth-order valence-electron chi connectivity index (χ4n) is 5.78. The zero-order valence-corrected chi connectivity index (χ0v) is 29.0. The van der Waals surface area contributed by atoms with Crippen LogP contribution in [0.15, 0.2) is 72.8 Å². The van der Waals surface area contributed by atoms with Gasteiger partial charge >= 0.3 is 6.09 Å². The number of carbonyl (C=O) groups is 6. The van der Waals surface area contributed by atoms with Crippen molar-refractivity contribution >= 4 is 46.3 Å². The van der Waals surface area contributed by atoms with Crippen LogP contribution >= 0.6 is 0 Å². The number of ether oxygens (including phenoxy) is 1. The van der Waals surface area contributed by atoms with Gasteiger partial charge in [-0.15, -0.1) is 0 Å². The Balaban J connectivity index is 1.33. The normalized spacial score (nSPS) is 15.3. The number of rotatable bonds is 16. The summed E-state index contributed by atoms with van der Waals surface area (Å²) in [6.45, 7) is 7.35. The number of primary amides is 1. The van der Waals surface area contributed by atoms with Crippen molar-refractivity contribution in [3.8, 4) is 0 Å². The number of nitrogens with two attached hydrogens (primary N) is 1. The second-order valence-electron chi connectivity index (χ2n) is 13.4. The third-order valence-electron chi connectivity index (χ3n) is 8.99. The van der Waals surface area contributed by atoms with E-state index in [2.05, 4.69) is 16.0 Å². The summed E-state index contributed by atoms with van der Waals surface area (Å²) in [7, 11) is 0. The minimum absolute atomic E-state index is 0.0189. The number of benzene rings is 3. The van der Waals surface area contributed by atoms with Crippen molar-refractivity contribution in [3.63, 3.8) is 0 Å². The minimum atomic E-state index is -1.15. The van der Waals surface area contributed by atoms with Crippen molar-refractivity contribution in [2.45, 2.75) is 71.7 Å². The van der Waals surface area contributed by atoms with Gasteiger partial charge in [-0.05, 0) is 40.2 Å². The number of fused-ring (bicyclic) bond motifs is 1. The number of nitrogens with one attached hydrogen (secondary N) is 3. The molecule has 5 amide bonds. The molecule has 1 heterocycles. The second-order valence-corrected chi connectivity index (χ2v) is 13.4. The van der Waals surface area contributed by atoms with Crippen molar-refractivity contribution in [1.29, 1.82) is 0 Å². The number of alkyl carbamates (subject to hydrolysis) is 1. The summed E-state index contributed by atoms with van der Waals surface area (Å²) in [5, 5.41) is 10.1. The molecule has 5 N–H and O–H groups in total. The van der Waals surface area contributed by atoms with Gasteiger partial charge in [0.05, 0.1) is 12.0 Å². The molecular weight excluding hydrogens is 638 g/mol. The average molecular weight is 686 g/mol. The lowest BCUT2D eigenvalue weighted by atomic mass is 9.91. The topological polar surface area (TPSA) is 177 Å². The molecule has 1 aliphatic heterocycles. The highest BCUT2D eigenvalue weighted by Gasteiger charge is 2.42. The quantitative estimate of drug-likeness (QED) is 0.167. The predicted octanol–water partition coefficient (Wildman–Crippen LogP) is 3.25. The molecule has 3 aromatic rings. The first-order valence-electron chi connectivity index (χ1n) is 17.0. The number of Topliss-reactive ketones (excluding diaryl/α,β-unsaturated/α-hetero) is 1. The Morgan fingerprint density at radius 3 is 2.12 bits per heavy atom. The summed E-state index contributed by atoms with van der Waals surface area (Å²) in [5.74, 6) is -4.38. The highest BCUT2D eigenvalue weighted by atomic mass is 16.5. The van der Waals surface area contributed by atoms with Gasteiger partial charge in [0.15, 0.2) is 0 Å². The van der Waals surface area contributed by atoms with E-state index >= 15 is 0 Å². The summed E-state index contributed by atoms with van der Waals surface area (Å²) < 4.78 is 5.30. The van der Waals surface area contributed by atoms with Gasteiger partial charge in [0.25, 0.3) is 5.91 Å². The number of ketones is 1. The minimum Gasteiger partial charge on any atom is -0.445 e. The highest BCUT2D eigenvalue weighted by molar-refractivity contribution is 6.38. The zero-order valence-electron chi connectivity index (χ0n) is 29.0. The molecule has 0 saturated carbocycles. The fraction of sp³-hybridized carbons (Fsp3) is 0.421. The molecular formula is C38H47N5O7. The van der Waals surface area contributed by atoms with Gasteiger partial charge in [0, 0.05) is 19.5 Å². The molecule has 1 aliphatic rings. The first-order valence-corrected chi connectivity index (χ1v) is 17.0. The molecule has 266 valence electrons. The zero-order chi connectivity index (χ0) is 36.4. The lowest BCUT2D eigenvalue weighted by Crippen LogP contribution is -2.62. The van der Waals surface area contributed by atoms with Crippen molar-refractivity contribution in [2.24, 2.45) is 23.5 Å². The van der Waals surface area contributed by atoms with Gasteiger partial charge in [-0.25, -0.2) is 4.79 Å². The van der Waals surface area contributed by atoms with Crippen LogP contribution in [-0.2, 0) is 41.7 Å². The van der Waals surface area contributed by atoms with Crippen molar-refractivity contribution in [2.75, 3.05) is 13.1 Å². The van der Waals surface area contributed by atoms with Gasteiger partial charge in [-0.2, -0.15) is 0 Å². The maximum Gasteiger partial charge on any atom is 0.408 e. The van der Waals surface area contributed by atoms with Gasteiger partial charge < -0.3 is 31.3 Å². The molecule has 3 aromatic carbocycles. The van der Waals surface area contributed by atoms with E-state index in [-0.39, 0.29) is 38.5 Å². The van der Waals surface area contributed by atoms with Crippen LogP contribution in [0.1, 0.15) is 51.7 Å². The Hall–Kier alpha value is -5.26. The Labute approximate surface area is 292 Å². The maximum atomic E-state index is 13.5. The molecule has 50 heavy (non-hydrogen) atoms. The number of hydrogen-bond acceptors (Lipinski definition) is 7.